The van der Waals surface area contributed by atoms with Crippen LogP contribution in [0.3, 0.4) is 0 Å². The van der Waals surface area contributed by atoms with E-state index in [4.69, 9.17) is 0 Å². The van der Waals surface area contributed by atoms with Gasteiger partial charge in [-0.15, -0.1) is 0 Å². The number of hydrogen-bond acceptors (Lipinski definition) is 2. The summed E-state index contributed by atoms with van der Waals surface area (Å²) < 4.78 is 1.86. The van der Waals surface area contributed by atoms with E-state index in [1.54, 1.807) is 0 Å². The highest BCUT2D eigenvalue weighted by atomic mass is 16.1. The second-order valence-electron chi connectivity index (χ2n) is 4.50. The average molecular weight is 237 g/mol. The molecule has 1 rings (SSSR count). The molecule has 0 radical (unpaired) electrons. The van der Waals surface area contributed by atoms with Gasteiger partial charge < -0.3 is 5.32 Å². The molecule has 1 aromatic heterocycles. The quantitative estimate of drug-likeness (QED) is 0.852. The molecule has 0 saturated heterocycles. The summed E-state index contributed by atoms with van der Waals surface area (Å²) in [5, 5.41) is 7.34. The zero-order valence-electron chi connectivity index (χ0n) is 11.5. The highest BCUT2D eigenvalue weighted by molar-refractivity contribution is 5.78. The summed E-state index contributed by atoms with van der Waals surface area (Å²) in [7, 11) is 1.93. The summed E-state index contributed by atoms with van der Waals surface area (Å²) in [5.74, 6) is 0.282. The van der Waals surface area contributed by atoms with Crippen molar-refractivity contribution in [1.82, 2.24) is 15.1 Å². The first-order valence-corrected chi connectivity index (χ1v) is 6.28. The van der Waals surface area contributed by atoms with Crippen molar-refractivity contribution >= 4 is 5.91 Å². The van der Waals surface area contributed by atoms with E-state index < -0.39 is 0 Å². The first kappa shape index (κ1) is 13.7. The smallest absolute Gasteiger partial charge is 0.223 e. The Labute approximate surface area is 103 Å². The minimum absolute atomic E-state index is 0.132. The van der Waals surface area contributed by atoms with Gasteiger partial charge in [0.15, 0.2) is 0 Å². The van der Waals surface area contributed by atoms with Crippen LogP contribution in [0, 0.1) is 19.8 Å². The van der Waals surface area contributed by atoms with E-state index in [9.17, 15) is 4.79 Å². The van der Waals surface area contributed by atoms with Gasteiger partial charge in [-0.05, 0) is 26.7 Å². The largest absolute Gasteiger partial charge is 0.352 e. The molecule has 1 N–H and O–H groups in total. The van der Waals surface area contributed by atoms with Crippen LogP contribution in [0.25, 0.3) is 0 Å². The van der Waals surface area contributed by atoms with Gasteiger partial charge in [0.2, 0.25) is 5.91 Å². The molecular weight excluding hydrogens is 214 g/mol. The van der Waals surface area contributed by atoms with E-state index >= 15 is 0 Å². The van der Waals surface area contributed by atoms with Crippen molar-refractivity contribution in [3.8, 4) is 0 Å². The number of aromatic nitrogens is 2. The maximum atomic E-state index is 11.9. The fourth-order valence-corrected chi connectivity index (χ4v) is 2.05. The molecule has 0 fully saturated rings. The number of nitrogens with zero attached hydrogens (tertiary/aromatic N) is 2. The van der Waals surface area contributed by atoms with Gasteiger partial charge in [0.05, 0.1) is 5.69 Å². The lowest BCUT2D eigenvalue weighted by molar-refractivity contribution is -0.125. The number of carbonyl (C=O) groups excluding carboxylic acids is 1. The second kappa shape index (κ2) is 5.84. The molecule has 0 aromatic carbocycles. The van der Waals surface area contributed by atoms with Gasteiger partial charge in [0.1, 0.15) is 0 Å². The maximum Gasteiger partial charge on any atom is 0.223 e. The van der Waals surface area contributed by atoms with Crippen LogP contribution in [0.15, 0.2) is 0 Å². The normalized spacial score (nSPS) is 10.9. The van der Waals surface area contributed by atoms with Crippen molar-refractivity contribution in [2.45, 2.75) is 47.1 Å². The molecule has 0 spiro atoms. The van der Waals surface area contributed by atoms with Crippen molar-refractivity contribution in [2.75, 3.05) is 0 Å². The van der Waals surface area contributed by atoms with Crippen molar-refractivity contribution in [3.63, 3.8) is 0 Å². The van der Waals surface area contributed by atoms with Crippen LogP contribution in [0.2, 0.25) is 0 Å². The van der Waals surface area contributed by atoms with Crippen molar-refractivity contribution in [3.05, 3.63) is 17.0 Å². The average Bonchev–Trinajstić information content (AvgIpc) is 2.53. The summed E-state index contributed by atoms with van der Waals surface area (Å²) in [4.78, 5) is 11.9. The third-order valence-corrected chi connectivity index (χ3v) is 3.45. The highest BCUT2D eigenvalue weighted by Crippen LogP contribution is 2.12. The highest BCUT2D eigenvalue weighted by Gasteiger charge is 2.15. The standard InChI is InChI=1S/C13H23N3O/c1-6-11(7-2)13(17)14-8-12-9(3)15-16(5)10(12)4/h11H,6-8H2,1-5H3,(H,14,17). The molecule has 0 aliphatic rings. The first-order valence-electron chi connectivity index (χ1n) is 6.28. The molecule has 0 saturated carbocycles. The predicted octanol–water partition coefficient (Wildman–Crippen LogP) is 2.09. The third-order valence-electron chi connectivity index (χ3n) is 3.45. The van der Waals surface area contributed by atoms with E-state index in [-0.39, 0.29) is 11.8 Å². The molecular formula is C13H23N3O. The van der Waals surface area contributed by atoms with Crippen LogP contribution in [0.1, 0.15) is 43.6 Å². The second-order valence-corrected chi connectivity index (χ2v) is 4.50. The van der Waals surface area contributed by atoms with Crippen molar-refractivity contribution in [1.29, 1.82) is 0 Å². The van der Waals surface area contributed by atoms with Crippen LogP contribution in [0.4, 0.5) is 0 Å². The molecule has 0 bridgehead atoms. The molecule has 1 heterocycles. The van der Waals surface area contributed by atoms with E-state index in [2.05, 4.69) is 10.4 Å². The van der Waals surface area contributed by atoms with Crippen LogP contribution in [0.5, 0.6) is 0 Å². The molecule has 96 valence electrons. The topological polar surface area (TPSA) is 46.9 Å². The summed E-state index contributed by atoms with van der Waals surface area (Å²) in [6, 6.07) is 0. The van der Waals surface area contributed by atoms with Crippen molar-refractivity contribution in [2.24, 2.45) is 13.0 Å². The van der Waals surface area contributed by atoms with Gasteiger partial charge >= 0.3 is 0 Å². The molecule has 0 atom stereocenters. The van der Waals surface area contributed by atoms with Crippen LogP contribution >= 0.6 is 0 Å². The van der Waals surface area contributed by atoms with E-state index in [1.807, 2.05) is 39.4 Å². The lowest BCUT2D eigenvalue weighted by Crippen LogP contribution is -2.30. The fraction of sp³-hybridized carbons (Fsp3) is 0.692. The zero-order valence-corrected chi connectivity index (χ0v) is 11.5. The van der Waals surface area contributed by atoms with Crippen LogP contribution in [-0.2, 0) is 18.4 Å². The minimum atomic E-state index is 0.132. The van der Waals surface area contributed by atoms with Gasteiger partial charge in [-0.1, -0.05) is 13.8 Å². The number of nitrogens with one attached hydrogen (secondary N) is 1. The Morgan fingerprint density at radius 1 is 1.35 bits per heavy atom. The Balaban J connectivity index is 2.64. The Hall–Kier alpha value is -1.32. The van der Waals surface area contributed by atoms with Crippen molar-refractivity contribution < 1.29 is 4.79 Å². The number of amides is 1. The Morgan fingerprint density at radius 3 is 2.35 bits per heavy atom. The summed E-state index contributed by atoms with van der Waals surface area (Å²) in [5.41, 5.74) is 3.24. The van der Waals surface area contributed by atoms with Gasteiger partial charge in [-0.3, -0.25) is 9.48 Å². The first-order chi connectivity index (χ1) is 8.01. The number of aryl methyl sites for hydroxylation is 2. The molecule has 4 nitrogen and oxygen atoms in total. The molecule has 4 heteroatoms. The molecule has 0 aliphatic carbocycles. The van der Waals surface area contributed by atoms with Crippen LogP contribution in [-0.4, -0.2) is 15.7 Å². The van der Waals surface area contributed by atoms with Gasteiger partial charge in [-0.2, -0.15) is 5.10 Å². The lowest BCUT2D eigenvalue weighted by atomic mass is 10.0. The SMILES string of the molecule is CCC(CC)C(=O)NCc1c(C)nn(C)c1C. The number of carbonyl (C=O) groups is 1. The monoisotopic (exact) mass is 237 g/mol. The molecule has 1 amide bonds. The number of hydrogen-bond donors (Lipinski definition) is 1. The Morgan fingerprint density at radius 2 is 1.94 bits per heavy atom. The molecule has 0 unspecified atom stereocenters. The summed E-state index contributed by atoms with van der Waals surface area (Å²) >= 11 is 0. The van der Waals surface area contributed by atoms with E-state index in [0.717, 1.165) is 29.8 Å². The minimum Gasteiger partial charge on any atom is -0.352 e. The van der Waals surface area contributed by atoms with E-state index in [0.29, 0.717) is 6.54 Å². The Kier molecular flexibility index (Phi) is 4.73. The zero-order chi connectivity index (χ0) is 13.0. The number of rotatable bonds is 5. The summed E-state index contributed by atoms with van der Waals surface area (Å²) in [6.07, 6.45) is 1.79. The molecule has 17 heavy (non-hydrogen) atoms. The Bertz CT molecular complexity index is 392. The van der Waals surface area contributed by atoms with E-state index in [1.165, 1.54) is 0 Å². The lowest BCUT2D eigenvalue weighted by Gasteiger charge is -2.12. The van der Waals surface area contributed by atoms with Gasteiger partial charge in [0, 0.05) is 30.8 Å². The third kappa shape index (κ3) is 3.08. The predicted molar refractivity (Wildman–Crippen MR) is 68.6 cm³/mol. The fourth-order valence-electron chi connectivity index (χ4n) is 2.05. The molecule has 0 aliphatic heterocycles. The van der Waals surface area contributed by atoms with Gasteiger partial charge in [0.25, 0.3) is 0 Å². The maximum absolute atomic E-state index is 11.9. The summed E-state index contributed by atoms with van der Waals surface area (Å²) in [6.45, 7) is 8.69. The van der Waals surface area contributed by atoms with Gasteiger partial charge in [-0.25, -0.2) is 0 Å². The van der Waals surface area contributed by atoms with Crippen LogP contribution < -0.4 is 5.32 Å². The molecule has 1 aromatic rings.